The monoisotopic (exact) mass is 332 g/mol. The second kappa shape index (κ2) is 8.45. The van der Waals surface area contributed by atoms with Gasteiger partial charge in [-0.3, -0.25) is 9.69 Å². The van der Waals surface area contributed by atoms with Gasteiger partial charge in [0.1, 0.15) is 0 Å². The number of carbonyl (C=O) groups excluding carboxylic acids is 2. The number of nitrogens with one attached hydrogen (secondary N) is 1. The molecule has 0 aliphatic heterocycles. The van der Waals surface area contributed by atoms with Gasteiger partial charge in [0.2, 0.25) is 5.91 Å². The number of likely N-dealkylation sites (N-methyl/N-ethyl adjacent to an activating group) is 1. The number of hydrogen-bond acceptors (Lipinski definition) is 5. The number of thiophene rings is 1. The van der Waals surface area contributed by atoms with Gasteiger partial charge in [-0.2, -0.15) is 0 Å². The van der Waals surface area contributed by atoms with Gasteiger partial charge in [0, 0.05) is 11.4 Å². The summed E-state index contributed by atoms with van der Waals surface area (Å²) in [6, 6.07) is 10.9. The fraction of sp³-hybridized carbons (Fsp3) is 0.294. The Morgan fingerprint density at radius 2 is 2.00 bits per heavy atom. The summed E-state index contributed by atoms with van der Waals surface area (Å²) in [5.74, 6) is -0.619. The molecule has 0 aliphatic carbocycles. The summed E-state index contributed by atoms with van der Waals surface area (Å²) >= 11 is 1.67. The number of nitrogens with zero attached hydrogens (tertiary/aromatic N) is 1. The second-order valence-electron chi connectivity index (χ2n) is 4.97. The number of para-hydroxylation sites is 1. The molecule has 5 nitrogen and oxygen atoms in total. The first-order chi connectivity index (χ1) is 11.1. The molecule has 0 bridgehead atoms. The number of anilines is 1. The van der Waals surface area contributed by atoms with Crippen molar-refractivity contribution in [3.05, 3.63) is 52.2 Å². The van der Waals surface area contributed by atoms with E-state index in [9.17, 15) is 9.59 Å². The van der Waals surface area contributed by atoms with Gasteiger partial charge in [-0.25, -0.2) is 4.79 Å². The van der Waals surface area contributed by atoms with Gasteiger partial charge in [-0.05, 0) is 30.1 Å². The number of ether oxygens (including phenoxy) is 1. The Morgan fingerprint density at radius 1 is 1.22 bits per heavy atom. The predicted molar refractivity (Wildman–Crippen MR) is 91.7 cm³/mol. The highest BCUT2D eigenvalue weighted by atomic mass is 32.1. The van der Waals surface area contributed by atoms with Gasteiger partial charge in [-0.15, -0.1) is 11.3 Å². The molecule has 0 radical (unpaired) electrons. The molecule has 1 amide bonds. The van der Waals surface area contributed by atoms with E-state index >= 15 is 0 Å². The fourth-order valence-electron chi connectivity index (χ4n) is 2.18. The van der Waals surface area contributed by atoms with Crippen LogP contribution in [0.5, 0.6) is 0 Å². The largest absolute Gasteiger partial charge is 0.465 e. The minimum absolute atomic E-state index is 0.153. The van der Waals surface area contributed by atoms with E-state index in [0.717, 1.165) is 13.1 Å². The lowest BCUT2D eigenvalue weighted by molar-refractivity contribution is -0.117. The van der Waals surface area contributed by atoms with Crippen LogP contribution in [0, 0.1) is 0 Å². The van der Waals surface area contributed by atoms with Gasteiger partial charge < -0.3 is 10.1 Å². The third-order valence-corrected chi connectivity index (χ3v) is 4.24. The average molecular weight is 332 g/mol. The van der Waals surface area contributed by atoms with E-state index < -0.39 is 5.97 Å². The average Bonchev–Trinajstić information content (AvgIpc) is 3.07. The van der Waals surface area contributed by atoms with Crippen LogP contribution in [0.4, 0.5) is 5.69 Å². The minimum Gasteiger partial charge on any atom is -0.465 e. The topological polar surface area (TPSA) is 58.6 Å². The standard InChI is InChI=1S/C17H20N2O3S/c1-3-19(11-13-7-6-10-23-13)12-16(20)18-15-9-5-4-8-14(15)17(21)22-2/h4-10H,3,11-12H2,1-2H3,(H,18,20). The maximum absolute atomic E-state index is 12.3. The van der Waals surface area contributed by atoms with Crippen molar-refractivity contribution in [2.75, 3.05) is 25.5 Å². The molecule has 0 aliphatic rings. The van der Waals surface area contributed by atoms with Crippen molar-refractivity contribution in [2.24, 2.45) is 0 Å². The van der Waals surface area contributed by atoms with E-state index in [1.165, 1.54) is 12.0 Å². The number of esters is 1. The van der Waals surface area contributed by atoms with Gasteiger partial charge in [0.25, 0.3) is 0 Å². The Bertz CT molecular complexity index is 656. The highest BCUT2D eigenvalue weighted by molar-refractivity contribution is 7.09. The fourth-order valence-corrected chi connectivity index (χ4v) is 2.92. The summed E-state index contributed by atoms with van der Waals surface area (Å²) < 4.78 is 4.73. The number of amides is 1. The van der Waals surface area contributed by atoms with Crippen LogP contribution < -0.4 is 5.32 Å². The Labute approximate surface area is 139 Å². The molecule has 0 saturated carbocycles. The molecule has 0 atom stereocenters. The lowest BCUT2D eigenvalue weighted by Gasteiger charge is -2.19. The summed E-state index contributed by atoms with van der Waals surface area (Å²) in [5, 5.41) is 4.82. The number of rotatable bonds is 7. The summed E-state index contributed by atoms with van der Waals surface area (Å²) in [4.78, 5) is 27.3. The molecular weight excluding hydrogens is 312 g/mol. The number of methoxy groups -OCH3 is 1. The van der Waals surface area contributed by atoms with Crippen molar-refractivity contribution in [1.82, 2.24) is 4.90 Å². The molecule has 0 saturated heterocycles. The van der Waals surface area contributed by atoms with Crippen LogP contribution in [0.2, 0.25) is 0 Å². The molecule has 1 N–H and O–H groups in total. The first kappa shape index (κ1) is 17.2. The van der Waals surface area contributed by atoms with Gasteiger partial charge in [0.05, 0.1) is 24.9 Å². The second-order valence-corrected chi connectivity index (χ2v) is 6.00. The lowest BCUT2D eigenvalue weighted by Crippen LogP contribution is -2.32. The molecule has 0 fully saturated rings. The number of carbonyl (C=O) groups is 2. The highest BCUT2D eigenvalue weighted by Crippen LogP contribution is 2.16. The van der Waals surface area contributed by atoms with Crippen LogP contribution in [0.25, 0.3) is 0 Å². The van der Waals surface area contributed by atoms with E-state index in [1.807, 2.05) is 23.3 Å². The summed E-state index contributed by atoms with van der Waals surface area (Å²) in [7, 11) is 1.32. The molecule has 1 heterocycles. The third-order valence-electron chi connectivity index (χ3n) is 3.38. The molecule has 0 spiro atoms. The summed E-state index contributed by atoms with van der Waals surface area (Å²) in [5.41, 5.74) is 0.821. The Morgan fingerprint density at radius 3 is 2.65 bits per heavy atom. The first-order valence-corrected chi connectivity index (χ1v) is 8.24. The summed E-state index contributed by atoms with van der Waals surface area (Å²) in [6.07, 6.45) is 0. The van der Waals surface area contributed by atoms with E-state index in [2.05, 4.69) is 11.4 Å². The van der Waals surface area contributed by atoms with Crippen molar-refractivity contribution in [3.8, 4) is 0 Å². The van der Waals surface area contributed by atoms with E-state index in [0.29, 0.717) is 11.3 Å². The predicted octanol–water partition coefficient (Wildman–Crippen LogP) is 3.00. The summed E-state index contributed by atoms with van der Waals surface area (Å²) in [6.45, 7) is 3.79. The van der Waals surface area contributed by atoms with Crippen LogP contribution in [0.3, 0.4) is 0 Å². The zero-order valence-corrected chi connectivity index (χ0v) is 14.1. The van der Waals surface area contributed by atoms with Crippen molar-refractivity contribution < 1.29 is 14.3 Å². The third kappa shape index (κ3) is 4.91. The van der Waals surface area contributed by atoms with E-state index in [4.69, 9.17) is 4.74 Å². The van der Waals surface area contributed by atoms with Crippen molar-refractivity contribution in [2.45, 2.75) is 13.5 Å². The minimum atomic E-state index is -0.466. The molecule has 0 unspecified atom stereocenters. The maximum atomic E-state index is 12.3. The molecular formula is C17H20N2O3S. The normalized spacial score (nSPS) is 10.6. The Hall–Kier alpha value is -2.18. The van der Waals surface area contributed by atoms with Crippen molar-refractivity contribution in [3.63, 3.8) is 0 Å². The SMILES string of the molecule is CCN(CC(=O)Nc1ccccc1C(=O)OC)Cc1cccs1. The Balaban J connectivity index is 2.00. The van der Waals surface area contributed by atoms with Crippen LogP contribution in [0.1, 0.15) is 22.2 Å². The molecule has 23 heavy (non-hydrogen) atoms. The van der Waals surface area contributed by atoms with Gasteiger partial charge in [-0.1, -0.05) is 25.1 Å². The first-order valence-electron chi connectivity index (χ1n) is 7.36. The number of benzene rings is 1. The molecule has 1 aromatic carbocycles. The molecule has 1 aromatic heterocycles. The molecule has 2 aromatic rings. The van der Waals surface area contributed by atoms with Crippen molar-refractivity contribution in [1.29, 1.82) is 0 Å². The van der Waals surface area contributed by atoms with Crippen LogP contribution in [-0.2, 0) is 16.1 Å². The zero-order valence-electron chi connectivity index (χ0n) is 13.2. The zero-order chi connectivity index (χ0) is 16.7. The van der Waals surface area contributed by atoms with Crippen LogP contribution >= 0.6 is 11.3 Å². The van der Waals surface area contributed by atoms with Crippen molar-refractivity contribution >= 4 is 28.9 Å². The lowest BCUT2D eigenvalue weighted by atomic mass is 10.2. The number of hydrogen-bond donors (Lipinski definition) is 1. The highest BCUT2D eigenvalue weighted by Gasteiger charge is 2.15. The van der Waals surface area contributed by atoms with Crippen LogP contribution in [0.15, 0.2) is 41.8 Å². The van der Waals surface area contributed by atoms with Gasteiger partial charge >= 0.3 is 5.97 Å². The molecule has 2 rings (SSSR count). The maximum Gasteiger partial charge on any atom is 0.339 e. The quantitative estimate of drug-likeness (QED) is 0.792. The van der Waals surface area contributed by atoms with E-state index in [1.54, 1.807) is 35.6 Å². The molecule has 6 heteroatoms. The molecule has 122 valence electrons. The van der Waals surface area contributed by atoms with Gasteiger partial charge in [0.15, 0.2) is 0 Å². The smallest absolute Gasteiger partial charge is 0.339 e. The van der Waals surface area contributed by atoms with E-state index in [-0.39, 0.29) is 12.5 Å². The Kier molecular flexibility index (Phi) is 6.31. The van der Waals surface area contributed by atoms with Crippen LogP contribution in [-0.4, -0.2) is 37.0 Å².